The molecule has 1 aromatic heterocycles. The molecule has 18 heavy (non-hydrogen) atoms. The van der Waals surface area contributed by atoms with Gasteiger partial charge in [0.15, 0.2) is 0 Å². The second-order valence-corrected chi connectivity index (χ2v) is 5.16. The minimum Gasteiger partial charge on any atom is -0.469 e. The lowest BCUT2D eigenvalue weighted by Gasteiger charge is -2.22. The van der Waals surface area contributed by atoms with Crippen molar-refractivity contribution in [1.82, 2.24) is 0 Å². The van der Waals surface area contributed by atoms with Gasteiger partial charge in [-0.25, -0.2) is 0 Å². The monoisotopic (exact) mass is 241 g/mol. The van der Waals surface area contributed by atoms with E-state index in [4.69, 9.17) is 10.2 Å². The first-order valence-electron chi connectivity index (χ1n) is 6.70. The Balaban J connectivity index is 1.85. The van der Waals surface area contributed by atoms with Gasteiger partial charge in [0, 0.05) is 12.5 Å². The SMILES string of the molecule is NC1c2ccccc2CCCC1Cc1ccco1. The molecule has 94 valence electrons. The largest absolute Gasteiger partial charge is 0.469 e. The first-order valence-corrected chi connectivity index (χ1v) is 6.70. The minimum atomic E-state index is 0.133. The number of hydrogen-bond acceptors (Lipinski definition) is 2. The summed E-state index contributed by atoms with van der Waals surface area (Å²) in [4.78, 5) is 0. The molecule has 2 aromatic rings. The first-order chi connectivity index (χ1) is 8.84. The van der Waals surface area contributed by atoms with Crippen LogP contribution in [0.4, 0.5) is 0 Å². The van der Waals surface area contributed by atoms with Crippen LogP contribution in [0.2, 0.25) is 0 Å². The number of nitrogens with two attached hydrogens (primary N) is 1. The van der Waals surface area contributed by atoms with Gasteiger partial charge < -0.3 is 10.2 Å². The molecule has 1 aliphatic carbocycles. The third kappa shape index (κ3) is 2.21. The van der Waals surface area contributed by atoms with E-state index in [-0.39, 0.29) is 6.04 Å². The van der Waals surface area contributed by atoms with Gasteiger partial charge in [0.1, 0.15) is 5.76 Å². The van der Waals surface area contributed by atoms with Crippen molar-refractivity contribution in [1.29, 1.82) is 0 Å². The molecule has 0 aliphatic heterocycles. The summed E-state index contributed by atoms with van der Waals surface area (Å²) in [5.74, 6) is 1.54. The van der Waals surface area contributed by atoms with Crippen LogP contribution in [0.1, 0.15) is 35.8 Å². The highest BCUT2D eigenvalue weighted by Crippen LogP contribution is 2.33. The lowest BCUT2D eigenvalue weighted by Crippen LogP contribution is -2.22. The normalized spacial score (nSPS) is 23.4. The van der Waals surface area contributed by atoms with Crippen LogP contribution in [-0.2, 0) is 12.8 Å². The maximum atomic E-state index is 6.47. The van der Waals surface area contributed by atoms with Crippen molar-refractivity contribution in [2.24, 2.45) is 11.7 Å². The number of hydrogen-bond donors (Lipinski definition) is 1. The van der Waals surface area contributed by atoms with Gasteiger partial charge in [0.05, 0.1) is 6.26 Å². The first kappa shape index (κ1) is 11.5. The van der Waals surface area contributed by atoms with Crippen molar-refractivity contribution in [3.05, 3.63) is 59.5 Å². The van der Waals surface area contributed by atoms with Gasteiger partial charge in [-0.2, -0.15) is 0 Å². The molecule has 0 bridgehead atoms. The zero-order valence-corrected chi connectivity index (χ0v) is 10.5. The quantitative estimate of drug-likeness (QED) is 0.818. The summed E-state index contributed by atoms with van der Waals surface area (Å²) in [6.07, 6.45) is 6.24. The van der Waals surface area contributed by atoms with Gasteiger partial charge in [-0.05, 0) is 48.4 Å². The maximum absolute atomic E-state index is 6.47. The molecule has 0 fully saturated rings. The standard InChI is InChI=1S/C16H19NO/c17-16-13(11-14-8-4-10-18-14)7-3-6-12-5-1-2-9-15(12)16/h1-2,4-5,8-10,13,16H,3,6-7,11,17H2. The molecule has 1 aliphatic rings. The molecule has 2 N–H and O–H groups in total. The fourth-order valence-corrected chi connectivity index (χ4v) is 2.99. The average Bonchev–Trinajstić information content (AvgIpc) is 2.85. The maximum Gasteiger partial charge on any atom is 0.104 e. The molecule has 1 aromatic carbocycles. The predicted molar refractivity (Wildman–Crippen MR) is 72.2 cm³/mol. The summed E-state index contributed by atoms with van der Waals surface area (Å²) in [6, 6.07) is 12.7. The van der Waals surface area contributed by atoms with Crippen LogP contribution in [0.3, 0.4) is 0 Å². The number of benzene rings is 1. The zero-order chi connectivity index (χ0) is 12.4. The van der Waals surface area contributed by atoms with Gasteiger partial charge in [-0.15, -0.1) is 0 Å². The van der Waals surface area contributed by atoms with E-state index in [1.165, 1.54) is 24.0 Å². The van der Waals surface area contributed by atoms with Gasteiger partial charge in [0.2, 0.25) is 0 Å². The van der Waals surface area contributed by atoms with Gasteiger partial charge in [0.25, 0.3) is 0 Å². The van der Waals surface area contributed by atoms with Crippen molar-refractivity contribution in [2.45, 2.75) is 31.7 Å². The highest BCUT2D eigenvalue weighted by Gasteiger charge is 2.25. The third-order valence-electron chi connectivity index (χ3n) is 3.99. The summed E-state index contributed by atoms with van der Waals surface area (Å²) in [5.41, 5.74) is 9.21. The molecule has 0 saturated carbocycles. The Morgan fingerprint density at radius 2 is 2.06 bits per heavy atom. The van der Waals surface area contributed by atoms with Crippen LogP contribution in [0.5, 0.6) is 0 Å². The Kier molecular flexibility index (Phi) is 3.20. The Hall–Kier alpha value is -1.54. The molecular weight excluding hydrogens is 222 g/mol. The number of aryl methyl sites for hydroxylation is 1. The molecule has 2 atom stereocenters. The van der Waals surface area contributed by atoms with E-state index in [1.807, 2.05) is 12.1 Å². The van der Waals surface area contributed by atoms with Crippen LogP contribution in [0.15, 0.2) is 47.1 Å². The second-order valence-electron chi connectivity index (χ2n) is 5.16. The van der Waals surface area contributed by atoms with Crippen molar-refractivity contribution in [2.75, 3.05) is 0 Å². The fourth-order valence-electron chi connectivity index (χ4n) is 2.99. The lowest BCUT2D eigenvalue weighted by atomic mass is 9.88. The lowest BCUT2D eigenvalue weighted by molar-refractivity contribution is 0.366. The smallest absolute Gasteiger partial charge is 0.104 e. The summed E-state index contributed by atoms with van der Waals surface area (Å²) in [6.45, 7) is 0. The number of furan rings is 1. The summed E-state index contributed by atoms with van der Waals surface area (Å²) < 4.78 is 5.46. The summed E-state index contributed by atoms with van der Waals surface area (Å²) >= 11 is 0. The highest BCUT2D eigenvalue weighted by molar-refractivity contribution is 5.31. The van der Waals surface area contributed by atoms with E-state index in [9.17, 15) is 0 Å². The van der Waals surface area contributed by atoms with E-state index >= 15 is 0 Å². The highest BCUT2D eigenvalue weighted by atomic mass is 16.3. The molecule has 3 rings (SSSR count). The summed E-state index contributed by atoms with van der Waals surface area (Å²) in [7, 11) is 0. The molecule has 0 radical (unpaired) electrons. The average molecular weight is 241 g/mol. The van der Waals surface area contributed by atoms with Crippen LogP contribution in [0.25, 0.3) is 0 Å². The van der Waals surface area contributed by atoms with Crippen molar-refractivity contribution >= 4 is 0 Å². The van der Waals surface area contributed by atoms with Crippen LogP contribution in [0, 0.1) is 5.92 Å². The topological polar surface area (TPSA) is 39.2 Å². The van der Waals surface area contributed by atoms with E-state index in [0.29, 0.717) is 5.92 Å². The Morgan fingerprint density at radius 1 is 1.17 bits per heavy atom. The van der Waals surface area contributed by atoms with Crippen molar-refractivity contribution in [3.8, 4) is 0 Å². The molecule has 0 amide bonds. The molecule has 2 nitrogen and oxygen atoms in total. The van der Waals surface area contributed by atoms with Crippen LogP contribution in [-0.4, -0.2) is 0 Å². The van der Waals surface area contributed by atoms with Gasteiger partial charge >= 0.3 is 0 Å². The van der Waals surface area contributed by atoms with E-state index in [0.717, 1.165) is 18.6 Å². The van der Waals surface area contributed by atoms with E-state index in [2.05, 4.69) is 24.3 Å². The van der Waals surface area contributed by atoms with Crippen molar-refractivity contribution < 1.29 is 4.42 Å². The minimum absolute atomic E-state index is 0.133. The van der Waals surface area contributed by atoms with Crippen LogP contribution >= 0.6 is 0 Å². The third-order valence-corrected chi connectivity index (χ3v) is 3.99. The predicted octanol–water partition coefficient (Wildman–Crippen LogP) is 3.47. The zero-order valence-electron chi connectivity index (χ0n) is 10.5. The molecule has 0 saturated heterocycles. The Morgan fingerprint density at radius 3 is 2.89 bits per heavy atom. The number of fused-ring (bicyclic) bond motifs is 1. The molecular formula is C16H19NO. The molecule has 2 heteroatoms. The Bertz CT molecular complexity index is 504. The van der Waals surface area contributed by atoms with E-state index in [1.54, 1.807) is 6.26 Å². The van der Waals surface area contributed by atoms with Gasteiger partial charge in [-0.1, -0.05) is 24.3 Å². The molecule has 0 spiro atoms. The van der Waals surface area contributed by atoms with Crippen molar-refractivity contribution in [3.63, 3.8) is 0 Å². The summed E-state index contributed by atoms with van der Waals surface area (Å²) in [5, 5.41) is 0. The van der Waals surface area contributed by atoms with Gasteiger partial charge in [-0.3, -0.25) is 0 Å². The molecule has 1 heterocycles. The Labute approximate surface area is 108 Å². The second kappa shape index (κ2) is 4.99. The molecule has 2 unspecified atom stereocenters. The van der Waals surface area contributed by atoms with Crippen LogP contribution < -0.4 is 5.73 Å². The number of rotatable bonds is 2. The fraction of sp³-hybridized carbons (Fsp3) is 0.375. The van der Waals surface area contributed by atoms with E-state index < -0.39 is 0 Å².